The average molecular weight is 337 g/mol. The summed E-state index contributed by atoms with van der Waals surface area (Å²) in [5.41, 5.74) is -0.818. The van der Waals surface area contributed by atoms with Gasteiger partial charge in [-0.05, 0) is 24.3 Å². The monoisotopic (exact) mass is 337 g/mol. The molecule has 0 radical (unpaired) electrons. The first-order valence-electron chi connectivity index (χ1n) is 6.11. The Hall–Kier alpha value is -2.98. The van der Waals surface area contributed by atoms with Gasteiger partial charge in [-0.15, -0.1) is 0 Å². The van der Waals surface area contributed by atoms with Gasteiger partial charge in [-0.3, -0.25) is 10.1 Å². The third-order valence-corrected chi connectivity index (χ3v) is 3.87. The Morgan fingerprint density at radius 2 is 1.87 bits per heavy atom. The highest BCUT2D eigenvalue weighted by Crippen LogP contribution is 2.28. The molecule has 0 spiro atoms. The summed E-state index contributed by atoms with van der Waals surface area (Å²) in [6.45, 7) is 0. The van der Waals surface area contributed by atoms with Crippen LogP contribution in [-0.4, -0.2) is 24.4 Å². The van der Waals surface area contributed by atoms with Gasteiger partial charge in [0.2, 0.25) is 10.0 Å². The van der Waals surface area contributed by atoms with Crippen molar-refractivity contribution in [1.82, 2.24) is 0 Å². The minimum atomic E-state index is -3.99. The number of carboxylic acids is 1. The van der Waals surface area contributed by atoms with E-state index in [-0.39, 0.29) is 16.3 Å². The second-order valence-electron chi connectivity index (χ2n) is 4.46. The number of nitrogens with zero attached hydrogens (tertiary/aromatic N) is 1. The molecule has 2 aromatic carbocycles. The molecule has 0 amide bonds. The van der Waals surface area contributed by atoms with Gasteiger partial charge >= 0.3 is 5.97 Å². The topological polar surface area (TPSA) is 153 Å². The standard InChI is InChI=1S/C13H11N3O6S/c14-23(21,22)12-4-2-1-3-10(12)15-8-5-6-9(13(17)18)11(7-8)16(19)20/h1-7,15H,(H,17,18)(H2,14,21,22). The first kappa shape index (κ1) is 16.4. The molecule has 0 aromatic heterocycles. The van der Waals surface area contributed by atoms with Crippen LogP contribution in [0.3, 0.4) is 0 Å². The lowest BCUT2D eigenvalue weighted by Gasteiger charge is -2.11. The van der Waals surface area contributed by atoms with Crippen LogP contribution in [0.2, 0.25) is 0 Å². The van der Waals surface area contributed by atoms with Crippen molar-refractivity contribution in [1.29, 1.82) is 0 Å². The summed E-state index contributed by atoms with van der Waals surface area (Å²) in [6.07, 6.45) is 0. The largest absolute Gasteiger partial charge is 0.477 e. The summed E-state index contributed by atoms with van der Waals surface area (Å²) >= 11 is 0. The van der Waals surface area contributed by atoms with Crippen molar-refractivity contribution in [3.05, 3.63) is 58.1 Å². The van der Waals surface area contributed by atoms with Gasteiger partial charge in [-0.2, -0.15) is 0 Å². The molecule has 0 atom stereocenters. The summed E-state index contributed by atoms with van der Waals surface area (Å²) < 4.78 is 23.0. The Morgan fingerprint density at radius 3 is 2.43 bits per heavy atom. The van der Waals surface area contributed by atoms with Crippen LogP contribution in [0.15, 0.2) is 47.4 Å². The van der Waals surface area contributed by atoms with Gasteiger partial charge in [-0.25, -0.2) is 18.4 Å². The van der Waals surface area contributed by atoms with E-state index in [1.165, 1.54) is 24.3 Å². The molecule has 2 aromatic rings. The van der Waals surface area contributed by atoms with Crippen molar-refractivity contribution in [2.24, 2.45) is 5.14 Å². The van der Waals surface area contributed by atoms with E-state index in [9.17, 15) is 23.3 Å². The van der Waals surface area contributed by atoms with Gasteiger partial charge in [0.15, 0.2) is 0 Å². The van der Waals surface area contributed by atoms with Gasteiger partial charge in [0.05, 0.1) is 10.6 Å². The summed E-state index contributed by atoms with van der Waals surface area (Å²) in [5, 5.41) is 27.7. The molecule has 0 heterocycles. The number of primary sulfonamides is 1. The highest BCUT2D eigenvalue weighted by atomic mass is 32.2. The van der Waals surface area contributed by atoms with Crippen LogP contribution < -0.4 is 10.5 Å². The Kier molecular flexibility index (Phi) is 4.29. The number of anilines is 2. The second-order valence-corrected chi connectivity index (χ2v) is 5.99. The van der Waals surface area contributed by atoms with E-state index in [4.69, 9.17) is 10.2 Å². The molecule has 0 aliphatic carbocycles. The van der Waals surface area contributed by atoms with Crippen molar-refractivity contribution >= 4 is 33.1 Å². The van der Waals surface area contributed by atoms with Gasteiger partial charge < -0.3 is 10.4 Å². The van der Waals surface area contributed by atoms with Crippen LogP contribution in [-0.2, 0) is 10.0 Å². The summed E-state index contributed by atoms with van der Waals surface area (Å²) in [4.78, 5) is 20.9. The maximum absolute atomic E-state index is 11.5. The van der Waals surface area contributed by atoms with Crippen LogP contribution in [0, 0.1) is 10.1 Å². The summed E-state index contributed by atoms with van der Waals surface area (Å²) in [5.74, 6) is -1.44. The minimum absolute atomic E-state index is 0.118. The quantitative estimate of drug-likeness (QED) is 0.554. The molecule has 0 unspecified atom stereocenters. The number of nitrogens with two attached hydrogens (primary N) is 1. The molecule has 0 aliphatic heterocycles. The van der Waals surface area contributed by atoms with Crippen LogP contribution in [0.5, 0.6) is 0 Å². The van der Waals surface area contributed by atoms with E-state index in [1.807, 2.05) is 0 Å². The fourth-order valence-corrected chi connectivity index (χ4v) is 2.61. The van der Waals surface area contributed by atoms with Crippen molar-refractivity contribution in [2.45, 2.75) is 4.90 Å². The number of nitrogens with one attached hydrogen (secondary N) is 1. The van der Waals surface area contributed by atoms with E-state index >= 15 is 0 Å². The van der Waals surface area contributed by atoms with Gasteiger partial charge in [-0.1, -0.05) is 12.1 Å². The van der Waals surface area contributed by atoms with Crippen LogP contribution in [0.25, 0.3) is 0 Å². The Balaban J connectivity index is 2.49. The number of hydrogen-bond acceptors (Lipinski definition) is 6. The zero-order chi connectivity index (χ0) is 17.2. The number of carbonyl (C=O) groups is 1. The molecule has 23 heavy (non-hydrogen) atoms. The lowest BCUT2D eigenvalue weighted by Crippen LogP contribution is -2.14. The lowest BCUT2D eigenvalue weighted by molar-refractivity contribution is -0.385. The van der Waals surface area contributed by atoms with E-state index in [1.54, 1.807) is 6.07 Å². The lowest BCUT2D eigenvalue weighted by atomic mass is 10.1. The zero-order valence-electron chi connectivity index (χ0n) is 11.5. The molecule has 0 fully saturated rings. The molecular formula is C13H11N3O6S. The van der Waals surface area contributed by atoms with Gasteiger partial charge in [0.25, 0.3) is 5.69 Å². The Bertz CT molecular complexity index is 894. The summed E-state index contributed by atoms with van der Waals surface area (Å²) in [7, 11) is -3.99. The van der Waals surface area contributed by atoms with E-state index < -0.39 is 32.2 Å². The maximum atomic E-state index is 11.5. The molecule has 10 heteroatoms. The predicted octanol–water partition coefficient (Wildman–Crippen LogP) is 1.68. The number of sulfonamides is 1. The van der Waals surface area contributed by atoms with E-state index in [0.717, 1.165) is 12.1 Å². The molecule has 0 saturated heterocycles. The van der Waals surface area contributed by atoms with Crippen molar-refractivity contribution in [2.75, 3.05) is 5.32 Å². The van der Waals surface area contributed by atoms with Crippen LogP contribution >= 0.6 is 0 Å². The molecule has 2 rings (SSSR count). The van der Waals surface area contributed by atoms with E-state index in [2.05, 4.69) is 5.32 Å². The predicted molar refractivity (Wildman–Crippen MR) is 81.2 cm³/mol. The maximum Gasteiger partial charge on any atom is 0.342 e. The fraction of sp³-hybridized carbons (Fsp3) is 0. The van der Waals surface area contributed by atoms with Gasteiger partial charge in [0.1, 0.15) is 10.5 Å². The van der Waals surface area contributed by atoms with Crippen molar-refractivity contribution in [3.63, 3.8) is 0 Å². The number of nitro benzene ring substituents is 1. The average Bonchev–Trinajstić information content (AvgIpc) is 2.46. The molecular weight excluding hydrogens is 326 g/mol. The number of rotatable bonds is 5. The number of hydrogen-bond donors (Lipinski definition) is 3. The Morgan fingerprint density at radius 1 is 1.22 bits per heavy atom. The second kappa shape index (κ2) is 6.02. The van der Waals surface area contributed by atoms with E-state index in [0.29, 0.717) is 0 Å². The third-order valence-electron chi connectivity index (χ3n) is 2.90. The number of nitro groups is 1. The van der Waals surface area contributed by atoms with Gasteiger partial charge in [0, 0.05) is 11.8 Å². The number of benzene rings is 2. The zero-order valence-corrected chi connectivity index (χ0v) is 12.3. The minimum Gasteiger partial charge on any atom is -0.477 e. The molecule has 0 aliphatic rings. The Labute approximate surface area is 130 Å². The van der Waals surface area contributed by atoms with Crippen molar-refractivity contribution < 1.29 is 23.2 Å². The first-order chi connectivity index (χ1) is 10.7. The smallest absolute Gasteiger partial charge is 0.342 e. The molecule has 0 bridgehead atoms. The SMILES string of the molecule is NS(=O)(=O)c1ccccc1Nc1ccc(C(=O)O)c([N+](=O)[O-])c1. The highest BCUT2D eigenvalue weighted by Gasteiger charge is 2.21. The first-order valence-corrected chi connectivity index (χ1v) is 7.65. The number of aromatic carboxylic acids is 1. The molecule has 0 saturated carbocycles. The fourth-order valence-electron chi connectivity index (χ4n) is 1.91. The summed E-state index contributed by atoms with van der Waals surface area (Å²) in [6, 6.07) is 9.08. The molecule has 9 nitrogen and oxygen atoms in total. The normalized spacial score (nSPS) is 11.0. The van der Waals surface area contributed by atoms with Crippen molar-refractivity contribution in [3.8, 4) is 0 Å². The molecule has 4 N–H and O–H groups in total. The number of carboxylic acid groups (broad SMARTS) is 1. The molecule has 120 valence electrons. The van der Waals surface area contributed by atoms with Crippen LogP contribution in [0.4, 0.5) is 17.1 Å². The highest BCUT2D eigenvalue weighted by molar-refractivity contribution is 7.89. The van der Waals surface area contributed by atoms with Crippen LogP contribution in [0.1, 0.15) is 10.4 Å². The third kappa shape index (κ3) is 3.62. The number of para-hydroxylation sites is 1.